The van der Waals surface area contributed by atoms with E-state index in [-0.39, 0.29) is 17.0 Å². The first-order valence-electron chi connectivity index (χ1n) is 6.01. The molecule has 0 saturated carbocycles. The van der Waals surface area contributed by atoms with E-state index in [4.69, 9.17) is 9.47 Å². The van der Waals surface area contributed by atoms with Crippen LogP contribution in [0.2, 0.25) is 0 Å². The van der Waals surface area contributed by atoms with Gasteiger partial charge in [0.15, 0.2) is 5.78 Å². The number of alkyl halides is 1. The lowest BCUT2D eigenvalue weighted by Gasteiger charge is -2.28. The predicted octanol–water partition coefficient (Wildman–Crippen LogP) is 3.29. The zero-order chi connectivity index (χ0) is 13.1. The third-order valence-corrected chi connectivity index (χ3v) is 4.80. The van der Waals surface area contributed by atoms with Crippen molar-refractivity contribution in [3.8, 4) is 5.75 Å². The Labute approximate surface area is 115 Å². The molecule has 4 heteroatoms. The maximum absolute atomic E-state index is 12.0. The molecule has 1 aromatic carbocycles. The van der Waals surface area contributed by atoms with Crippen LogP contribution in [0.15, 0.2) is 18.2 Å². The molecule has 1 aromatic rings. The Bertz CT molecular complexity index is 538. The van der Waals surface area contributed by atoms with Crippen LogP contribution < -0.4 is 4.74 Å². The van der Waals surface area contributed by atoms with Gasteiger partial charge in [0.2, 0.25) is 5.79 Å². The number of hydrogen-bond acceptors (Lipinski definition) is 3. The van der Waals surface area contributed by atoms with Crippen molar-refractivity contribution in [3.05, 3.63) is 29.3 Å². The Morgan fingerprint density at radius 2 is 2.11 bits per heavy atom. The number of carbonyl (C=O) groups is 1. The van der Waals surface area contributed by atoms with E-state index in [1.165, 1.54) is 5.56 Å². The molecule has 0 N–H and O–H groups in total. The quantitative estimate of drug-likeness (QED) is 0.690. The van der Waals surface area contributed by atoms with Gasteiger partial charge in [-0.2, -0.15) is 0 Å². The van der Waals surface area contributed by atoms with Gasteiger partial charge >= 0.3 is 0 Å². The Balaban J connectivity index is 2.03. The van der Waals surface area contributed by atoms with Crippen LogP contribution in [-0.4, -0.2) is 17.2 Å². The lowest BCUT2D eigenvalue weighted by atomic mass is 9.99. The van der Waals surface area contributed by atoms with E-state index in [2.05, 4.69) is 22.0 Å². The largest absolute Gasteiger partial charge is 0.460 e. The number of Topliss-reactive ketones (excluding diaryl/α,β-unsaturated/α-hetero) is 1. The van der Waals surface area contributed by atoms with Gasteiger partial charge in [0.25, 0.3) is 0 Å². The first-order chi connectivity index (χ1) is 8.34. The van der Waals surface area contributed by atoms with E-state index in [0.29, 0.717) is 0 Å². The minimum Gasteiger partial charge on any atom is -0.460 e. The van der Waals surface area contributed by atoms with Crippen molar-refractivity contribution < 1.29 is 14.3 Å². The maximum Gasteiger partial charge on any atom is 0.235 e. The molecule has 3 rings (SSSR count). The first-order valence-corrected chi connectivity index (χ1v) is 6.93. The summed E-state index contributed by atoms with van der Waals surface area (Å²) in [6.07, 6.45) is 0.281. The van der Waals surface area contributed by atoms with Gasteiger partial charge in [-0.25, -0.2) is 0 Å². The van der Waals surface area contributed by atoms with Crippen LogP contribution in [0.4, 0.5) is 0 Å². The van der Waals surface area contributed by atoms with Crippen LogP contribution in [0, 0.1) is 6.92 Å². The van der Waals surface area contributed by atoms with E-state index in [0.717, 1.165) is 11.3 Å². The van der Waals surface area contributed by atoms with Crippen molar-refractivity contribution in [1.82, 2.24) is 0 Å². The Kier molecular flexibility index (Phi) is 2.42. The molecule has 2 aliphatic heterocycles. The number of carbonyl (C=O) groups excluding carboxylic acids is 1. The molecule has 1 spiro atoms. The normalized spacial score (nSPS) is 32.7. The average Bonchev–Trinajstić information content (AvgIpc) is 2.65. The summed E-state index contributed by atoms with van der Waals surface area (Å²) in [5, 5.41) is 0. The van der Waals surface area contributed by atoms with Gasteiger partial charge in [-0.05, 0) is 26.8 Å². The number of ketones is 1. The zero-order valence-corrected chi connectivity index (χ0v) is 12.2. The second-order valence-corrected chi connectivity index (χ2v) is 6.45. The summed E-state index contributed by atoms with van der Waals surface area (Å²) in [7, 11) is 0. The van der Waals surface area contributed by atoms with E-state index in [9.17, 15) is 4.79 Å². The Morgan fingerprint density at radius 3 is 2.72 bits per heavy atom. The van der Waals surface area contributed by atoms with Crippen LogP contribution in [0.1, 0.15) is 36.2 Å². The molecule has 0 radical (unpaired) electrons. The minimum absolute atomic E-state index is 0.0801. The van der Waals surface area contributed by atoms with Gasteiger partial charge < -0.3 is 9.47 Å². The summed E-state index contributed by atoms with van der Waals surface area (Å²) < 4.78 is 11.9. The van der Waals surface area contributed by atoms with Crippen molar-refractivity contribution in [2.45, 2.75) is 43.4 Å². The average molecular weight is 311 g/mol. The second-order valence-electron chi connectivity index (χ2n) is 5.53. The van der Waals surface area contributed by atoms with Gasteiger partial charge in [-0.3, -0.25) is 4.79 Å². The highest BCUT2D eigenvalue weighted by atomic mass is 79.9. The summed E-state index contributed by atoms with van der Waals surface area (Å²) in [5.41, 5.74) is 1.45. The van der Waals surface area contributed by atoms with Crippen LogP contribution in [0.3, 0.4) is 0 Å². The summed E-state index contributed by atoms with van der Waals surface area (Å²) in [6.45, 7) is 5.62. The minimum atomic E-state index is -0.878. The van der Waals surface area contributed by atoms with Crippen LogP contribution in [-0.2, 0) is 9.53 Å². The third-order valence-electron chi connectivity index (χ3n) is 3.61. The molecule has 0 bridgehead atoms. The fourth-order valence-electron chi connectivity index (χ4n) is 2.59. The van der Waals surface area contributed by atoms with Gasteiger partial charge in [0.05, 0.1) is 6.42 Å². The number of hydrogen-bond donors (Lipinski definition) is 0. The van der Waals surface area contributed by atoms with E-state index in [1.807, 2.05) is 19.1 Å². The smallest absolute Gasteiger partial charge is 0.235 e. The molecule has 0 aromatic heterocycles. The lowest BCUT2D eigenvalue weighted by molar-refractivity contribution is -0.186. The Morgan fingerprint density at radius 1 is 1.39 bits per heavy atom. The van der Waals surface area contributed by atoms with Crippen molar-refractivity contribution in [3.63, 3.8) is 0 Å². The molecule has 0 unspecified atom stereocenters. The maximum atomic E-state index is 12.0. The molecule has 2 atom stereocenters. The zero-order valence-electron chi connectivity index (χ0n) is 10.6. The fourth-order valence-corrected chi connectivity index (χ4v) is 3.30. The molecular weight excluding hydrogens is 296 g/mol. The summed E-state index contributed by atoms with van der Waals surface area (Å²) in [6, 6.07) is 6.01. The van der Waals surface area contributed by atoms with Gasteiger partial charge in [0, 0.05) is 5.56 Å². The summed E-state index contributed by atoms with van der Waals surface area (Å²) in [4.78, 5) is 11.9. The predicted molar refractivity (Wildman–Crippen MR) is 71.0 cm³/mol. The molecule has 18 heavy (non-hydrogen) atoms. The molecule has 2 aliphatic rings. The van der Waals surface area contributed by atoms with Crippen LogP contribution >= 0.6 is 15.9 Å². The van der Waals surface area contributed by atoms with Crippen molar-refractivity contribution in [1.29, 1.82) is 0 Å². The fraction of sp³-hybridized carbons (Fsp3) is 0.500. The molecule has 2 heterocycles. The monoisotopic (exact) mass is 310 g/mol. The first kappa shape index (κ1) is 12.2. The molecular formula is C14H15BrO3. The molecule has 0 amide bonds. The van der Waals surface area contributed by atoms with Crippen LogP contribution in [0.5, 0.6) is 5.75 Å². The summed E-state index contributed by atoms with van der Waals surface area (Å²) >= 11 is 3.63. The number of benzene rings is 1. The third kappa shape index (κ3) is 1.55. The number of rotatable bonds is 0. The van der Waals surface area contributed by atoms with E-state index in [1.54, 1.807) is 13.8 Å². The molecule has 1 fully saturated rings. The van der Waals surface area contributed by atoms with Gasteiger partial charge in [-0.1, -0.05) is 33.6 Å². The van der Waals surface area contributed by atoms with Gasteiger partial charge in [-0.15, -0.1) is 0 Å². The second kappa shape index (κ2) is 3.58. The van der Waals surface area contributed by atoms with E-state index >= 15 is 0 Å². The van der Waals surface area contributed by atoms with Gasteiger partial charge in [0.1, 0.15) is 16.2 Å². The number of aryl methyl sites for hydroxylation is 1. The molecule has 3 nitrogen and oxygen atoms in total. The lowest BCUT2D eigenvalue weighted by Crippen LogP contribution is -2.38. The van der Waals surface area contributed by atoms with Crippen molar-refractivity contribution in [2.24, 2.45) is 0 Å². The van der Waals surface area contributed by atoms with Crippen molar-refractivity contribution >= 4 is 21.7 Å². The number of halogens is 1. The van der Waals surface area contributed by atoms with Crippen LogP contribution in [0.25, 0.3) is 0 Å². The standard InChI is InChI=1S/C14H15BrO3/c1-8-4-5-10-9(6-8)12(15)14(17-10)7-11(16)13(2,3)18-14/h4-6,12H,7H2,1-3H3/t12-,14+/m1/s1. The Hall–Kier alpha value is -0.870. The SMILES string of the molecule is Cc1ccc2c(c1)[C@@H](Br)[C@@]1(CC(=O)C(C)(C)O1)O2. The molecule has 96 valence electrons. The molecule has 1 saturated heterocycles. The highest BCUT2D eigenvalue weighted by Crippen LogP contribution is 2.55. The van der Waals surface area contributed by atoms with Crippen molar-refractivity contribution in [2.75, 3.05) is 0 Å². The number of fused-ring (bicyclic) bond motifs is 1. The highest BCUT2D eigenvalue weighted by molar-refractivity contribution is 9.09. The summed E-state index contributed by atoms with van der Waals surface area (Å²) in [5.74, 6) is 0.000859. The van der Waals surface area contributed by atoms with E-state index < -0.39 is 11.4 Å². The topological polar surface area (TPSA) is 35.5 Å². The highest BCUT2D eigenvalue weighted by Gasteiger charge is 2.59. The number of ether oxygens (including phenoxy) is 2. The molecule has 0 aliphatic carbocycles.